The molecule has 0 radical (unpaired) electrons. The second kappa shape index (κ2) is 8.34. The summed E-state index contributed by atoms with van der Waals surface area (Å²) in [5.74, 6) is 0.345. The van der Waals surface area contributed by atoms with E-state index in [1.807, 2.05) is 11.8 Å². The van der Waals surface area contributed by atoms with Gasteiger partial charge in [-0.15, -0.1) is 4.40 Å². The summed E-state index contributed by atoms with van der Waals surface area (Å²) in [5.41, 5.74) is 5.26. The van der Waals surface area contributed by atoms with Gasteiger partial charge < -0.3 is 15.1 Å². The van der Waals surface area contributed by atoms with E-state index in [0.29, 0.717) is 24.6 Å². The lowest BCUT2D eigenvalue weighted by Gasteiger charge is -2.37. The first-order valence-electron chi connectivity index (χ1n) is 10.5. The molecule has 2 aliphatic rings. The first-order chi connectivity index (χ1) is 14.7. The lowest BCUT2D eigenvalue weighted by Crippen LogP contribution is -2.49. The molecule has 164 valence electrons. The molecule has 1 amide bonds. The highest BCUT2D eigenvalue weighted by Gasteiger charge is 2.26. The number of anilines is 2. The average Bonchev–Trinajstić information content (AvgIpc) is 2.73. The molecule has 7 nitrogen and oxygen atoms in total. The second-order valence-electron chi connectivity index (χ2n) is 8.22. The van der Waals surface area contributed by atoms with Gasteiger partial charge in [0.05, 0.1) is 5.69 Å². The van der Waals surface area contributed by atoms with Crippen molar-refractivity contribution < 1.29 is 13.2 Å². The van der Waals surface area contributed by atoms with E-state index in [1.165, 1.54) is 16.8 Å². The zero-order valence-corrected chi connectivity index (χ0v) is 19.0. The van der Waals surface area contributed by atoms with Crippen molar-refractivity contribution in [3.8, 4) is 0 Å². The molecular weight excluding hydrogens is 412 g/mol. The van der Waals surface area contributed by atoms with E-state index in [9.17, 15) is 13.2 Å². The average molecular weight is 441 g/mol. The lowest BCUT2D eigenvalue weighted by molar-refractivity contribution is -0.131. The van der Waals surface area contributed by atoms with Crippen LogP contribution in [0.5, 0.6) is 0 Å². The summed E-state index contributed by atoms with van der Waals surface area (Å²) in [4.78, 5) is 17.1. The molecule has 1 saturated heterocycles. The highest BCUT2D eigenvalue weighted by molar-refractivity contribution is 7.90. The van der Waals surface area contributed by atoms with Crippen LogP contribution in [0.2, 0.25) is 0 Å². The molecule has 31 heavy (non-hydrogen) atoms. The number of nitrogens with one attached hydrogen (secondary N) is 1. The Bertz CT molecular complexity index is 1150. The smallest absolute Gasteiger partial charge is 0.286 e. The number of sulfonamides is 1. The Morgan fingerprint density at radius 1 is 1.06 bits per heavy atom. The van der Waals surface area contributed by atoms with E-state index in [-0.39, 0.29) is 23.6 Å². The van der Waals surface area contributed by atoms with E-state index in [2.05, 4.69) is 46.7 Å². The Morgan fingerprint density at radius 3 is 2.55 bits per heavy atom. The number of carbonyl (C=O) groups is 1. The third-order valence-electron chi connectivity index (χ3n) is 6.05. The van der Waals surface area contributed by atoms with Crippen LogP contribution in [0.25, 0.3) is 0 Å². The molecular formula is C23H28N4O3S. The number of hydrogen-bond donors (Lipinski definition) is 1. The van der Waals surface area contributed by atoms with E-state index >= 15 is 0 Å². The summed E-state index contributed by atoms with van der Waals surface area (Å²) < 4.78 is 28.7. The Balaban J connectivity index is 1.35. The molecule has 0 unspecified atom stereocenters. The first-order valence-corrected chi connectivity index (χ1v) is 12.0. The summed E-state index contributed by atoms with van der Waals surface area (Å²) in [7, 11) is -3.73. The molecule has 1 N–H and O–H groups in total. The molecule has 8 heteroatoms. The van der Waals surface area contributed by atoms with Gasteiger partial charge in [-0.1, -0.05) is 18.2 Å². The van der Waals surface area contributed by atoms with Crippen molar-refractivity contribution in [1.29, 1.82) is 0 Å². The molecule has 0 bridgehead atoms. The van der Waals surface area contributed by atoms with Crippen LogP contribution in [0.15, 0.2) is 45.7 Å². The first kappa shape index (κ1) is 21.4. The van der Waals surface area contributed by atoms with Crippen LogP contribution < -0.4 is 10.2 Å². The van der Waals surface area contributed by atoms with Crippen LogP contribution >= 0.6 is 0 Å². The van der Waals surface area contributed by atoms with Crippen LogP contribution in [0.4, 0.5) is 11.4 Å². The Kier molecular flexibility index (Phi) is 5.75. The molecule has 0 spiro atoms. The minimum atomic E-state index is -3.73. The highest BCUT2D eigenvalue weighted by Crippen LogP contribution is 2.29. The van der Waals surface area contributed by atoms with E-state index < -0.39 is 10.0 Å². The van der Waals surface area contributed by atoms with Gasteiger partial charge in [-0.2, -0.15) is 8.42 Å². The number of carbonyl (C=O) groups excluding carboxylic acids is 1. The number of nitrogens with zero attached hydrogens (tertiary/aromatic N) is 3. The summed E-state index contributed by atoms with van der Waals surface area (Å²) in [6.07, 6.45) is 0.495. The standard InChI is InChI=1S/C23H28N4O3S/c1-16-7-8-21-19(15-16)24-22(25-31(21,29)30)9-10-23(28)27-13-11-26(12-14-27)20-6-4-5-17(2)18(20)3/h4-8,15H,9-14H2,1-3H3,(H,24,25). The van der Waals surface area contributed by atoms with Gasteiger partial charge in [0, 0.05) is 44.7 Å². The number of rotatable bonds is 4. The minimum absolute atomic E-state index is 0.0255. The van der Waals surface area contributed by atoms with Gasteiger partial charge in [0.1, 0.15) is 10.7 Å². The zero-order chi connectivity index (χ0) is 22.2. The van der Waals surface area contributed by atoms with Crippen LogP contribution in [0.1, 0.15) is 29.5 Å². The number of amidine groups is 1. The van der Waals surface area contributed by atoms with Gasteiger partial charge in [0.15, 0.2) is 0 Å². The predicted octanol–water partition coefficient (Wildman–Crippen LogP) is 3.25. The van der Waals surface area contributed by atoms with E-state index in [0.717, 1.165) is 18.7 Å². The fraction of sp³-hybridized carbons (Fsp3) is 0.391. The van der Waals surface area contributed by atoms with Crippen molar-refractivity contribution in [2.45, 2.75) is 38.5 Å². The molecule has 2 heterocycles. The molecule has 0 aromatic heterocycles. The second-order valence-corrected chi connectivity index (χ2v) is 9.80. The van der Waals surface area contributed by atoms with Gasteiger partial charge in [-0.25, -0.2) is 0 Å². The number of benzene rings is 2. The molecule has 2 aromatic carbocycles. The van der Waals surface area contributed by atoms with Crippen molar-refractivity contribution >= 4 is 33.1 Å². The number of amides is 1. The number of aryl methyl sites for hydroxylation is 2. The van der Waals surface area contributed by atoms with Crippen LogP contribution in [0, 0.1) is 20.8 Å². The van der Waals surface area contributed by atoms with E-state index in [1.54, 1.807) is 18.2 Å². The largest absolute Gasteiger partial charge is 0.368 e. The van der Waals surface area contributed by atoms with Crippen molar-refractivity contribution in [1.82, 2.24) is 4.90 Å². The number of fused-ring (bicyclic) bond motifs is 1. The molecule has 2 aromatic rings. The molecule has 0 aliphatic carbocycles. The maximum Gasteiger partial charge on any atom is 0.286 e. The molecule has 0 atom stereocenters. The molecule has 2 aliphatic heterocycles. The summed E-state index contributed by atoms with van der Waals surface area (Å²) in [5, 5.41) is 3.08. The third-order valence-corrected chi connectivity index (χ3v) is 7.42. The van der Waals surface area contributed by atoms with Crippen molar-refractivity contribution in [2.24, 2.45) is 4.40 Å². The van der Waals surface area contributed by atoms with Crippen LogP contribution in [0.3, 0.4) is 0 Å². The zero-order valence-electron chi connectivity index (χ0n) is 18.2. The maximum atomic E-state index is 12.7. The van der Waals surface area contributed by atoms with Crippen molar-refractivity contribution in [2.75, 3.05) is 36.4 Å². The van der Waals surface area contributed by atoms with Crippen molar-refractivity contribution in [3.05, 3.63) is 53.1 Å². The topological polar surface area (TPSA) is 82.1 Å². The summed E-state index contributed by atoms with van der Waals surface area (Å²) in [6, 6.07) is 11.4. The van der Waals surface area contributed by atoms with Gasteiger partial charge in [0.2, 0.25) is 5.91 Å². The molecule has 4 rings (SSSR count). The van der Waals surface area contributed by atoms with Gasteiger partial charge in [-0.3, -0.25) is 4.79 Å². The Labute approximate surface area is 183 Å². The number of piperazine rings is 1. The maximum absolute atomic E-state index is 12.7. The highest BCUT2D eigenvalue weighted by atomic mass is 32.2. The fourth-order valence-corrected chi connectivity index (χ4v) is 5.26. The van der Waals surface area contributed by atoms with Gasteiger partial charge in [-0.05, 0) is 55.7 Å². The minimum Gasteiger partial charge on any atom is -0.368 e. The van der Waals surface area contributed by atoms with E-state index in [4.69, 9.17) is 0 Å². The summed E-state index contributed by atoms with van der Waals surface area (Å²) in [6.45, 7) is 9.04. The Morgan fingerprint density at radius 2 is 1.81 bits per heavy atom. The predicted molar refractivity (Wildman–Crippen MR) is 123 cm³/mol. The third kappa shape index (κ3) is 4.44. The van der Waals surface area contributed by atoms with Crippen LogP contribution in [-0.2, 0) is 14.8 Å². The summed E-state index contributed by atoms with van der Waals surface area (Å²) >= 11 is 0. The monoisotopic (exact) mass is 440 g/mol. The SMILES string of the molecule is Cc1ccc2c(c1)NC(CCC(=O)N1CCN(c3cccc(C)c3C)CC1)=NS2(=O)=O. The molecule has 0 saturated carbocycles. The lowest BCUT2D eigenvalue weighted by atomic mass is 10.1. The normalized spacial score (nSPS) is 17.6. The van der Waals surface area contributed by atoms with Gasteiger partial charge in [0.25, 0.3) is 10.0 Å². The van der Waals surface area contributed by atoms with Crippen molar-refractivity contribution in [3.63, 3.8) is 0 Å². The number of hydrogen-bond acceptors (Lipinski definition) is 5. The Hall–Kier alpha value is -2.87. The molecule has 1 fully saturated rings. The van der Waals surface area contributed by atoms with Crippen LogP contribution in [-0.4, -0.2) is 51.2 Å². The quantitative estimate of drug-likeness (QED) is 0.789. The van der Waals surface area contributed by atoms with Gasteiger partial charge >= 0.3 is 0 Å². The fourth-order valence-electron chi connectivity index (χ4n) is 4.11.